The Kier molecular flexibility index (Phi) is 6.83. The summed E-state index contributed by atoms with van der Waals surface area (Å²) in [6.07, 6.45) is 3.94. The highest BCUT2D eigenvalue weighted by atomic mass is 35.5. The molecular weight excluding hydrogens is 348 g/mol. The molecule has 136 valence electrons. The molecule has 1 aliphatic heterocycles. The normalized spacial score (nSPS) is 16.5. The first-order valence-corrected chi connectivity index (χ1v) is 9.14. The molecule has 0 bridgehead atoms. The van der Waals surface area contributed by atoms with Crippen molar-refractivity contribution < 1.29 is 9.94 Å². The molecule has 0 saturated heterocycles. The van der Waals surface area contributed by atoms with Gasteiger partial charge in [-0.25, -0.2) is 0 Å². The molecule has 2 aromatic rings. The van der Waals surface area contributed by atoms with Gasteiger partial charge in [0.1, 0.15) is 12.7 Å². The zero-order valence-corrected chi connectivity index (χ0v) is 15.3. The number of hydrogen-bond acceptors (Lipinski definition) is 4. The zero-order chi connectivity index (χ0) is 18.2. The Morgan fingerprint density at radius 1 is 1.15 bits per heavy atom. The maximum atomic E-state index is 10.2. The molecule has 0 amide bonds. The maximum absolute atomic E-state index is 10.2. The van der Waals surface area contributed by atoms with Gasteiger partial charge in [0, 0.05) is 19.6 Å². The van der Waals surface area contributed by atoms with Crippen LogP contribution in [0.5, 0.6) is 0 Å². The highest BCUT2D eigenvalue weighted by Gasteiger charge is 2.18. The van der Waals surface area contributed by atoms with Gasteiger partial charge in [-0.3, -0.25) is 4.90 Å². The third-order valence-electron chi connectivity index (χ3n) is 4.31. The van der Waals surface area contributed by atoms with Gasteiger partial charge in [0.2, 0.25) is 0 Å². The summed E-state index contributed by atoms with van der Waals surface area (Å²) in [7, 11) is 0. The number of β-amino-alcohol motifs (C(OH)–C–C–N with tert-alkyl or cyclic N) is 1. The molecule has 2 aromatic carbocycles. The summed E-state index contributed by atoms with van der Waals surface area (Å²) in [5, 5.41) is 14.2. The number of halogens is 1. The first-order valence-electron chi connectivity index (χ1n) is 8.76. The highest BCUT2D eigenvalue weighted by molar-refractivity contribution is 6.68. The molecule has 0 fully saturated rings. The second-order valence-electron chi connectivity index (χ2n) is 6.36. The number of aliphatic hydroxyl groups excluding tert-OH is 1. The average molecular weight is 371 g/mol. The zero-order valence-electron chi connectivity index (χ0n) is 14.6. The third kappa shape index (κ3) is 5.70. The minimum absolute atomic E-state index is 0.119. The molecule has 0 aliphatic carbocycles. The molecular formula is C21H23ClN2O2. The standard InChI is InChI=1S/C21H23ClN2O2/c22-21(11-10-17-6-2-1-3-7-17)23-26-16-20(25)15-24-13-12-18-8-4-5-9-19(18)14-24/h1-11,20,25H,12-16H2. The molecule has 1 N–H and O–H groups in total. The predicted octanol–water partition coefficient (Wildman–Crippen LogP) is 3.69. The molecule has 0 radical (unpaired) electrons. The Balaban J connectivity index is 1.41. The van der Waals surface area contributed by atoms with Crippen molar-refractivity contribution in [3.63, 3.8) is 0 Å². The first-order chi connectivity index (χ1) is 12.7. The van der Waals surface area contributed by atoms with Crippen molar-refractivity contribution in [1.29, 1.82) is 0 Å². The van der Waals surface area contributed by atoms with Crippen LogP contribution in [0.4, 0.5) is 0 Å². The van der Waals surface area contributed by atoms with E-state index in [1.165, 1.54) is 11.1 Å². The summed E-state index contributed by atoms with van der Waals surface area (Å²) >= 11 is 6.01. The number of nitrogens with zero attached hydrogens (tertiary/aromatic N) is 2. The highest BCUT2D eigenvalue weighted by Crippen LogP contribution is 2.18. The molecule has 26 heavy (non-hydrogen) atoms. The van der Waals surface area contributed by atoms with E-state index in [1.54, 1.807) is 6.08 Å². The van der Waals surface area contributed by atoms with Crippen LogP contribution in [0.2, 0.25) is 0 Å². The van der Waals surface area contributed by atoms with Crippen LogP contribution >= 0.6 is 11.6 Å². The minimum Gasteiger partial charge on any atom is -0.392 e. The van der Waals surface area contributed by atoms with Crippen molar-refractivity contribution in [1.82, 2.24) is 4.90 Å². The van der Waals surface area contributed by atoms with E-state index in [-0.39, 0.29) is 11.8 Å². The Labute approximate surface area is 159 Å². The molecule has 5 heteroatoms. The van der Waals surface area contributed by atoms with Crippen LogP contribution in [0, 0.1) is 0 Å². The van der Waals surface area contributed by atoms with E-state index in [9.17, 15) is 5.11 Å². The van der Waals surface area contributed by atoms with Crippen LogP contribution in [-0.2, 0) is 17.8 Å². The molecule has 4 nitrogen and oxygen atoms in total. The van der Waals surface area contributed by atoms with Crippen LogP contribution in [-0.4, -0.2) is 41.0 Å². The van der Waals surface area contributed by atoms with E-state index < -0.39 is 6.10 Å². The summed E-state index contributed by atoms with van der Waals surface area (Å²) in [4.78, 5) is 7.42. The molecule has 1 unspecified atom stereocenters. The number of allylic oxidation sites excluding steroid dienone is 1. The summed E-state index contributed by atoms with van der Waals surface area (Å²) in [5.74, 6) is 0. The quantitative estimate of drug-likeness (QED) is 0.597. The molecule has 3 rings (SSSR count). The van der Waals surface area contributed by atoms with Crippen molar-refractivity contribution in [2.45, 2.75) is 19.1 Å². The molecule has 1 heterocycles. The number of hydrogen-bond donors (Lipinski definition) is 1. The van der Waals surface area contributed by atoms with E-state index in [4.69, 9.17) is 16.4 Å². The van der Waals surface area contributed by atoms with Crippen LogP contribution < -0.4 is 0 Å². The topological polar surface area (TPSA) is 45.1 Å². The fourth-order valence-corrected chi connectivity index (χ4v) is 3.12. The predicted molar refractivity (Wildman–Crippen MR) is 106 cm³/mol. The van der Waals surface area contributed by atoms with Gasteiger partial charge in [-0.1, -0.05) is 77.4 Å². The van der Waals surface area contributed by atoms with E-state index in [0.29, 0.717) is 6.54 Å². The number of aliphatic hydroxyl groups is 1. The second-order valence-corrected chi connectivity index (χ2v) is 6.75. The van der Waals surface area contributed by atoms with Gasteiger partial charge >= 0.3 is 0 Å². The fraction of sp³-hybridized carbons (Fsp3) is 0.286. The van der Waals surface area contributed by atoms with Gasteiger partial charge in [-0.05, 0) is 29.2 Å². The Bertz CT molecular complexity index is 762. The number of rotatable bonds is 7. The van der Waals surface area contributed by atoms with Crippen molar-refractivity contribution in [3.05, 3.63) is 77.4 Å². The molecule has 1 aliphatic rings. The lowest BCUT2D eigenvalue weighted by molar-refractivity contribution is 0.0169. The van der Waals surface area contributed by atoms with Crippen molar-refractivity contribution in [2.75, 3.05) is 19.7 Å². The monoisotopic (exact) mass is 370 g/mol. The van der Waals surface area contributed by atoms with Gasteiger partial charge < -0.3 is 9.94 Å². The van der Waals surface area contributed by atoms with E-state index in [0.717, 1.165) is 25.1 Å². The summed E-state index contributed by atoms with van der Waals surface area (Å²) in [6, 6.07) is 18.3. The van der Waals surface area contributed by atoms with Crippen molar-refractivity contribution in [3.8, 4) is 0 Å². The van der Waals surface area contributed by atoms with Crippen LogP contribution in [0.1, 0.15) is 16.7 Å². The summed E-state index contributed by atoms with van der Waals surface area (Å²) < 4.78 is 0. The molecule has 0 spiro atoms. The molecule has 0 aromatic heterocycles. The lowest BCUT2D eigenvalue weighted by Gasteiger charge is -2.29. The Morgan fingerprint density at radius 2 is 1.88 bits per heavy atom. The van der Waals surface area contributed by atoms with Crippen LogP contribution in [0.25, 0.3) is 6.08 Å². The van der Waals surface area contributed by atoms with Gasteiger partial charge in [-0.2, -0.15) is 0 Å². The van der Waals surface area contributed by atoms with Gasteiger partial charge in [-0.15, -0.1) is 0 Å². The van der Waals surface area contributed by atoms with Crippen LogP contribution in [0.3, 0.4) is 0 Å². The van der Waals surface area contributed by atoms with E-state index in [1.807, 2.05) is 36.4 Å². The van der Waals surface area contributed by atoms with Crippen LogP contribution in [0.15, 0.2) is 65.8 Å². The third-order valence-corrected chi connectivity index (χ3v) is 4.51. The lowest BCUT2D eigenvalue weighted by atomic mass is 10.00. The number of fused-ring (bicyclic) bond motifs is 1. The van der Waals surface area contributed by atoms with E-state index in [2.05, 4.69) is 34.3 Å². The SMILES string of the molecule is OC(CON=C(Cl)C=Cc1ccccc1)CN1CCc2ccccc2C1. The van der Waals surface area contributed by atoms with Gasteiger partial charge in [0.05, 0.1) is 0 Å². The Hall–Kier alpha value is -2.14. The van der Waals surface area contributed by atoms with Crippen molar-refractivity contribution in [2.24, 2.45) is 5.16 Å². The first kappa shape index (κ1) is 18.6. The minimum atomic E-state index is -0.605. The fourth-order valence-electron chi connectivity index (χ4n) is 3.01. The average Bonchev–Trinajstić information content (AvgIpc) is 2.67. The second kappa shape index (κ2) is 9.53. The van der Waals surface area contributed by atoms with Gasteiger partial charge in [0.15, 0.2) is 5.17 Å². The maximum Gasteiger partial charge on any atom is 0.168 e. The van der Waals surface area contributed by atoms with Crippen molar-refractivity contribution >= 4 is 22.8 Å². The smallest absolute Gasteiger partial charge is 0.168 e. The Morgan fingerprint density at radius 3 is 2.69 bits per heavy atom. The van der Waals surface area contributed by atoms with Gasteiger partial charge in [0.25, 0.3) is 0 Å². The number of benzene rings is 2. The summed E-state index contributed by atoms with van der Waals surface area (Å²) in [5.41, 5.74) is 3.77. The lowest BCUT2D eigenvalue weighted by Crippen LogP contribution is -2.38. The number of oxime groups is 1. The molecule has 0 saturated carbocycles. The largest absolute Gasteiger partial charge is 0.392 e. The molecule has 1 atom stereocenters. The van der Waals surface area contributed by atoms with E-state index >= 15 is 0 Å². The summed E-state index contributed by atoms with van der Waals surface area (Å²) in [6.45, 7) is 2.48.